The van der Waals surface area contributed by atoms with Crippen molar-refractivity contribution in [3.8, 4) is 11.4 Å². The first-order valence-corrected chi connectivity index (χ1v) is 10.4. The first-order chi connectivity index (χ1) is 14.2. The van der Waals surface area contributed by atoms with Gasteiger partial charge in [-0.1, -0.05) is 42.5 Å². The van der Waals surface area contributed by atoms with Gasteiger partial charge in [-0.3, -0.25) is 0 Å². The molecule has 1 saturated heterocycles. The summed E-state index contributed by atoms with van der Waals surface area (Å²) < 4.78 is 14.6. The first kappa shape index (κ1) is 19.2. The average molecular weight is 399 g/mol. The van der Waals surface area contributed by atoms with Crippen LogP contribution in [0.15, 0.2) is 60.7 Å². The monoisotopic (exact) mass is 399 g/mol. The van der Waals surface area contributed by atoms with E-state index >= 15 is 0 Å². The standard InChI is InChI=1S/C25H26BNO3/c1-16-14-19(26-29-24(2,3)25(4,5)30-26)23(28)22(15-16)27-20-12-8-6-10-17(20)18-11-7-9-13-21(18)27/h6-15,28H,1-5H3. The van der Waals surface area contributed by atoms with Crippen molar-refractivity contribution < 1.29 is 14.4 Å². The maximum absolute atomic E-state index is 11.4. The van der Waals surface area contributed by atoms with E-state index in [4.69, 9.17) is 9.31 Å². The van der Waals surface area contributed by atoms with Crippen LogP contribution in [0, 0.1) is 6.92 Å². The van der Waals surface area contributed by atoms with Gasteiger partial charge in [-0.25, -0.2) is 0 Å². The smallest absolute Gasteiger partial charge is 0.498 e. The predicted octanol–water partition coefficient (Wildman–Crippen LogP) is 5.10. The summed E-state index contributed by atoms with van der Waals surface area (Å²) in [6.07, 6.45) is 0. The Bertz CT molecular complexity index is 1220. The van der Waals surface area contributed by atoms with E-state index in [0.29, 0.717) is 5.46 Å². The van der Waals surface area contributed by atoms with Gasteiger partial charge in [-0.05, 0) is 58.4 Å². The Morgan fingerprint density at radius 1 is 0.800 bits per heavy atom. The molecule has 0 unspecified atom stereocenters. The molecule has 0 amide bonds. The van der Waals surface area contributed by atoms with Crippen molar-refractivity contribution in [2.24, 2.45) is 0 Å². The van der Waals surface area contributed by atoms with E-state index in [1.54, 1.807) is 0 Å². The van der Waals surface area contributed by atoms with E-state index in [1.807, 2.05) is 71.0 Å². The van der Waals surface area contributed by atoms with Crippen LogP contribution in [0.5, 0.6) is 5.75 Å². The number of aromatic nitrogens is 1. The lowest BCUT2D eigenvalue weighted by Gasteiger charge is -2.32. The number of phenols is 1. The van der Waals surface area contributed by atoms with Gasteiger partial charge in [0.05, 0.1) is 27.9 Å². The van der Waals surface area contributed by atoms with Crippen molar-refractivity contribution in [3.63, 3.8) is 0 Å². The summed E-state index contributed by atoms with van der Waals surface area (Å²) in [5.41, 5.74) is 3.60. The van der Waals surface area contributed by atoms with Crippen LogP contribution in [0.4, 0.5) is 0 Å². The molecule has 152 valence electrons. The third kappa shape index (κ3) is 2.69. The van der Waals surface area contributed by atoms with Crippen LogP contribution >= 0.6 is 0 Å². The fourth-order valence-electron chi connectivity index (χ4n) is 4.29. The minimum Gasteiger partial charge on any atom is -0.506 e. The first-order valence-electron chi connectivity index (χ1n) is 10.4. The second-order valence-electron chi connectivity index (χ2n) is 9.18. The lowest BCUT2D eigenvalue weighted by molar-refractivity contribution is 0.00578. The van der Waals surface area contributed by atoms with Crippen LogP contribution in [-0.2, 0) is 9.31 Å². The molecule has 0 radical (unpaired) electrons. The molecule has 1 aliphatic heterocycles. The molecule has 1 aliphatic rings. The quantitative estimate of drug-likeness (QED) is 0.477. The number of rotatable bonds is 2. The Morgan fingerprint density at radius 3 is 1.83 bits per heavy atom. The van der Waals surface area contributed by atoms with Crippen molar-refractivity contribution in [2.75, 3.05) is 0 Å². The van der Waals surface area contributed by atoms with Gasteiger partial charge >= 0.3 is 7.12 Å². The molecule has 0 saturated carbocycles. The van der Waals surface area contributed by atoms with Gasteiger partial charge in [0.2, 0.25) is 0 Å². The SMILES string of the molecule is Cc1cc(B2OC(C)(C)C(C)(C)O2)c(O)c(-n2c3ccccc3c3ccccc32)c1. The van der Waals surface area contributed by atoms with Gasteiger partial charge in [0.1, 0.15) is 5.75 Å². The number of hydrogen-bond acceptors (Lipinski definition) is 3. The molecule has 5 rings (SSSR count). The maximum atomic E-state index is 11.4. The van der Waals surface area contributed by atoms with E-state index in [1.165, 1.54) is 0 Å². The average Bonchev–Trinajstić information content (AvgIpc) is 3.14. The highest BCUT2D eigenvalue weighted by molar-refractivity contribution is 6.63. The summed E-state index contributed by atoms with van der Waals surface area (Å²) in [6, 6.07) is 20.5. The van der Waals surface area contributed by atoms with Gasteiger partial charge in [0.25, 0.3) is 0 Å². The summed E-state index contributed by atoms with van der Waals surface area (Å²) in [6.45, 7) is 10.1. The van der Waals surface area contributed by atoms with Crippen LogP contribution in [0.25, 0.3) is 27.5 Å². The molecule has 0 spiro atoms. The molecule has 2 heterocycles. The normalized spacial score (nSPS) is 17.8. The van der Waals surface area contributed by atoms with Crippen molar-refractivity contribution in [2.45, 2.75) is 45.8 Å². The van der Waals surface area contributed by atoms with E-state index in [-0.39, 0.29) is 5.75 Å². The highest BCUT2D eigenvalue weighted by atomic mass is 16.7. The molecule has 0 atom stereocenters. The number of fused-ring (bicyclic) bond motifs is 3. The number of aryl methyl sites for hydroxylation is 1. The fourth-order valence-corrected chi connectivity index (χ4v) is 4.29. The minimum absolute atomic E-state index is 0.186. The summed E-state index contributed by atoms with van der Waals surface area (Å²) in [5.74, 6) is 0.186. The van der Waals surface area contributed by atoms with E-state index in [0.717, 1.165) is 33.1 Å². The van der Waals surface area contributed by atoms with Gasteiger partial charge < -0.3 is 19.0 Å². The van der Waals surface area contributed by atoms with Gasteiger partial charge in [0, 0.05) is 16.2 Å². The zero-order valence-corrected chi connectivity index (χ0v) is 18.1. The van der Waals surface area contributed by atoms with Crippen LogP contribution in [0.3, 0.4) is 0 Å². The second kappa shape index (κ2) is 6.37. The molecule has 0 bridgehead atoms. The predicted molar refractivity (Wildman–Crippen MR) is 123 cm³/mol. The molecular weight excluding hydrogens is 373 g/mol. The van der Waals surface area contributed by atoms with Crippen molar-refractivity contribution in [3.05, 3.63) is 66.2 Å². The van der Waals surface area contributed by atoms with Gasteiger partial charge in [0.15, 0.2) is 0 Å². The summed E-state index contributed by atoms with van der Waals surface area (Å²) >= 11 is 0. The zero-order valence-electron chi connectivity index (χ0n) is 18.1. The molecule has 0 aliphatic carbocycles. The third-order valence-corrected chi connectivity index (χ3v) is 6.59. The highest BCUT2D eigenvalue weighted by Crippen LogP contribution is 2.39. The van der Waals surface area contributed by atoms with Crippen LogP contribution < -0.4 is 5.46 Å². The van der Waals surface area contributed by atoms with Crippen LogP contribution in [0.1, 0.15) is 33.3 Å². The van der Waals surface area contributed by atoms with Crippen molar-refractivity contribution >= 4 is 34.4 Å². The van der Waals surface area contributed by atoms with Crippen molar-refractivity contribution in [1.82, 2.24) is 4.57 Å². The summed E-state index contributed by atoms with van der Waals surface area (Å²) in [4.78, 5) is 0. The second-order valence-corrected chi connectivity index (χ2v) is 9.18. The largest absolute Gasteiger partial charge is 0.506 e. The summed E-state index contributed by atoms with van der Waals surface area (Å²) in [7, 11) is -0.623. The zero-order chi connectivity index (χ0) is 21.3. The molecule has 30 heavy (non-hydrogen) atoms. The molecule has 1 N–H and O–H groups in total. The van der Waals surface area contributed by atoms with E-state index in [2.05, 4.69) is 28.8 Å². The Balaban J connectivity index is 1.76. The fraction of sp³-hybridized carbons (Fsp3) is 0.280. The highest BCUT2D eigenvalue weighted by Gasteiger charge is 2.52. The van der Waals surface area contributed by atoms with Crippen LogP contribution in [0.2, 0.25) is 0 Å². The molecule has 4 nitrogen and oxygen atoms in total. The Hall–Kier alpha value is -2.76. The molecule has 5 heteroatoms. The molecular formula is C25H26BNO3. The Labute approximate surface area is 177 Å². The Morgan fingerprint density at radius 2 is 1.30 bits per heavy atom. The number of hydrogen-bond donors (Lipinski definition) is 1. The van der Waals surface area contributed by atoms with Gasteiger partial charge in [-0.15, -0.1) is 0 Å². The number of nitrogens with zero attached hydrogens (tertiary/aromatic N) is 1. The lowest BCUT2D eigenvalue weighted by atomic mass is 9.77. The molecule has 1 fully saturated rings. The number of para-hydroxylation sites is 2. The molecule has 4 aromatic rings. The van der Waals surface area contributed by atoms with Crippen LogP contribution in [-0.4, -0.2) is 28.0 Å². The maximum Gasteiger partial charge on any atom is 0.498 e. The molecule has 1 aromatic heterocycles. The van der Waals surface area contributed by atoms with E-state index in [9.17, 15) is 5.11 Å². The summed E-state index contributed by atoms with van der Waals surface area (Å²) in [5, 5.41) is 13.7. The van der Waals surface area contributed by atoms with E-state index < -0.39 is 18.3 Å². The minimum atomic E-state index is -0.623. The number of aromatic hydroxyl groups is 1. The number of benzene rings is 3. The van der Waals surface area contributed by atoms with Gasteiger partial charge in [-0.2, -0.15) is 0 Å². The number of phenolic OH excluding ortho intramolecular Hbond substituents is 1. The van der Waals surface area contributed by atoms with Crippen molar-refractivity contribution in [1.29, 1.82) is 0 Å². The molecule has 3 aromatic carbocycles. The lowest BCUT2D eigenvalue weighted by Crippen LogP contribution is -2.41. The topological polar surface area (TPSA) is 43.6 Å². The Kier molecular flexibility index (Phi) is 4.08. The third-order valence-electron chi connectivity index (χ3n) is 6.59.